The van der Waals surface area contributed by atoms with Crippen LogP contribution in [0.3, 0.4) is 0 Å². The summed E-state index contributed by atoms with van der Waals surface area (Å²) in [5, 5.41) is 2.89. The van der Waals surface area contributed by atoms with E-state index in [0.717, 1.165) is 6.26 Å². The van der Waals surface area contributed by atoms with Crippen molar-refractivity contribution in [3.8, 4) is 0 Å². The molecule has 1 aromatic rings. The molecule has 1 rings (SSSR count). The molecule has 0 spiro atoms. The van der Waals surface area contributed by atoms with Gasteiger partial charge < -0.3 is 11.1 Å². The first-order valence-electron chi connectivity index (χ1n) is 6.46. The van der Waals surface area contributed by atoms with Crippen molar-refractivity contribution in [1.82, 2.24) is 0 Å². The zero-order valence-corrected chi connectivity index (χ0v) is 14.2. The van der Waals surface area contributed by atoms with E-state index >= 15 is 0 Å². The van der Waals surface area contributed by atoms with E-state index in [1.54, 1.807) is 0 Å². The van der Waals surface area contributed by atoms with Gasteiger partial charge in [-0.3, -0.25) is 4.79 Å². The van der Waals surface area contributed by atoms with Gasteiger partial charge >= 0.3 is 0 Å². The summed E-state index contributed by atoms with van der Waals surface area (Å²) >= 11 is 5.98. The van der Waals surface area contributed by atoms with E-state index in [2.05, 4.69) is 5.32 Å². The van der Waals surface area contributed by atoms with E-state index in [1.807, 2.05) is 20.8 Å². The van der Waals surface area contributed by atoms with Crippen molar-refractivity contribution < 1.29 is 13.2 Å². The highest BCUT2D eigenvalue weighted by atomic mass is 35.5. The first kappa shape index (κ1) is 17.9. The van der Waals surface area contributed by atoms with Crippen molar-refractivity contribution in [3.63, 3.8) is 0 Å². The van der Waals surface area contributed by atoms with E-state index in [9.17, 15) is 13.2 Å². The van der Waals surface area contributed by atoms with E-state index in [1.165, 1.54) is 18.2 Å². The van der Waals surface area contributed by atoms with Crippen LogP contribution in [-0.2, 0) is 14.6 Å². The molecule has 1 aromatic carbocycles. The van der Waals surface area contributed by atoms with Crippen LogP contribution in [0, 0.1) is 5.41 Å². The molecule has 0 aromatic heterocycles. The number of nitrogens with one attached hydrogen (secondary N) is 1. The third kappa shape index (κ3) is 5.30. The van der Waals surface area contributed by atoms with Crippen molar-refractivity contribution in [3.05, 3.63) is 23.2 Å². The third-order valence-electron chi connectivity index (χ3n) is 3.16. The maximum absolute atomic E-state index is 12.0. The van der Waals surface area contributed by atoms with Crippen LogP contribution in [0.5, 0.6) is 0 Å². The van der Waals surface area contributed by atoms with E-state index in [0.29, 0.717) is 0 Å². The monoisotopic (exact) mass is 332 g/mol. The molecule has 0 saturated heterocycles. The van der Waals surface area contributed by atoms with Crippen LogP contribution in [-0.4, -0.2) is 26.6 Å². The summed E-state index contributed by atoms with van der Waals surface area (Å²) in [7, 11) is -3.36. The SMILES string of the molecule is CC(C)(C)C(N)CC(=O)Nc1cc(S(C)(=O)=O)ccc1Cl. The van der Waals surface area contributed by atoms with Gasteiger partial charge in [0.05, 0.1) is 15.6 Å². The van der Waals surface area contributed by atoms with Gasteiger partial charge in [-0.2, -0.15) is 0 Å². The molecule has 0 heterocycles. The van der Waals surface area contributed by atoms with Crippen LogP contribution in [0.15, 0.2) is 23.1 Å². The Morgan fingerprint density at radius 2 is 1.95 bits per heavy atom. The Kier molecular flexibility index (Phi) is 5.41. The minimum atomic E-state index is -3.36. The molecular formula is C14H21ClN2O3S. The van der Waals surface area contributed by atoms with Gasteiger partial charge in [-0.15, -0.1) is 0 Å². The number of hydrogen-bond donors (Lipinski definition) is 2. The van der Waals surface area contributed by atoms with Gasteiger partial charge in [0.15, 0.2) is 9.84 Å². The van der Waals surface area contributed by atoms with Crippen molar-refractivity contribution in [2.45, 2.75) is 38.1 Å². The number of sulfone groups is 1. The van der Waals surface area contributed by atoms with Gasteiger partial charge in [-0.1, -0.05) is 32.4 Å². The molecule has 118 valence electrons. The normalized spacial score (nSPS) is 13.8. The molecule has 1 unspecified atom stereocenters. The van der Waals surface area contributed by atoms with Crippen molar-refractivity contribution >= 4 is 33.0 Å². The molecule has 3 N–H and O–H groups in total. The molecule has 5 nitrogen and oxygen atoms in total. The Balaban J connectivity index is 2.91. The third-order valence-corrected chi connectivity index (χ3v) is 4.60. The topological polar surface area (TPSA) is 89.3 Å². The van der Waals surface area contributed by atoms with Gasteiger partial charge in [0.2, 0.25) is 5.91 Å². The van der Waals surface area contributed by atoms with E-state index in [4.69, 9.17) is 17.3 Å². The molecular weight excluding hydrogens is 312 g/mol. The summed E-state index contributed by atoms with van der Waals surface area (Å²) in [6.07, 6.45) is 1.22. The number of nitrogens with two attached hydrogens (primary N) is 1. The number of halogens is 1. The molecule has 0 fully saturated rings. The van der Waals surface area contributed by atoms with Crippen LogP contribution in [0.1, 0.15) is 27.2 Å². The van der Waals surface area contributed by atoms with Gasteiger partial charge in [-0.05, 0) is 23.6 Å². The highest BCUT2D eigenvalue weighted by Gasteiger charge is 2.23. The molecule has 0 saturated carbocycles. The Morgan fingerprint density at radius 3 is 2.43 bits per heavy atom. The highest BCUT2D eigenvalue weighted by Crippen LogP contribution is 2.26. The number of carbonyl (C=O) groups is 1. The number of amides is 1. The van der Waals surface area contributed by atoms with E-state index < -0.39 is 9.84 Å². The Bertz CT molecular complexity index is 636. The van der Waals surface area contributed by atoms with Crippen LogP contribution >= 0.6 is 11.6 Å². The molecule has 21 heavy (non-hydrogen) atoms. The standard InChI is InChI=1S/C14H21ClN2O3S/c1-14(2,3)12(16)8-13(18)17-11-7-9(21(4,19)20)5-6-10(11)15/h5-7,12H,8,16H2,1-4H3,(H,17,18). The number of anilines is 1. The fraction of sp³-hybridized carbons (Fsp3) is 0.500. The second-order valence-corrected chi connectivity index (χ2v) is 8.56. The fourth-order valence-corrected chi connectivity index (χ4v) is 2.35. The van der Waals surface area contributed by atoms with Crippen LogP contribution in [0.25, 0.3) is 0 Å². The lowest BCUT2D eigenvalue weighted by atomic mass is 9.85. The minimum absolute atomic E-state index is 0.0994. The van der Waals surface area contributed by atoms with Gasteiger partial charge in [0, 0.05) is 18.7 Å². The van der Waals surface area contributed by atoms with Crippen LogP contribution < -0.4 is 11.1 Å². The Morgan fingerprint density at radius 1 is 1.38 bits per heavy atom. The predicted molar refractivity (Wildman–Crippen MR) is 85.2 cm³/mol. The summed E-state index contributed by atoms with van der Waals surface area (Å²) in [6, 6.07) is 3.87. The smallest absolute Gasteiger partial charge is 0.225 e. The molecule has 1 atom stereocenters. The number of rotatable bonds is 4. The van der Waals surface area contributed by atoms with Gasteiger partial charge in [-0.25, -0.2) is 8.42 Å². The van der Waals surface area contributed by atoms with Gasteiger partial charge in [0.1, 0.15) is 0 Å². The second-order valence-electron chi connectivity index (χ2n) is 6.14. The molecule has 0 aliphatic carbocycles. The van der Waals surface area contributed by atoms with Crippen molar-refractivity contribution in [2.75, 3.05) is 11.6 Å². The summed E-state index contributed by atoms with van der Waals surface area (Å²) in [5.74, 6) is -0.301. The number of benzene rings is 1. The van der Waals surface area contributed by atoms with Crippen LogP contribution in [0.4, 0.5) is 5.69 Å². The number of hydrogen-bond acceptors (Lipinski definition) is 4. The minimum Gasteiger partial charge on any atom is -0.327 e. The first-order chi connectivity index (χ1) is 9.41. The Hall–Kier alpha value is -1.11. The summed E-state index contributed by atoms with van der Waals surface area (Å²) in [5.41, 5.74) is 6.02. The molecule has 1 amide bonds. The predicted octanol–water partition coefficient (Wildman–Crippen LogP) is 2.45. The summed E-state index contributed by atoms with van der Waals surface area (Å²) in [6.45, 7) is 5.84. The molecule has 0 radical (unpaired) electrons. The van der Waals surface area contributed by atoms with Gasteiger partial charge in [0.25, 0.3) is 0 Å². The largest absolute Gasteiger partial charge is 0.327 e. The second kappa shape index (κ2) is 6.34. The zero-order valence-electron chi connectivity index (χ0n) is 12.6. The lowest BCUT2D eigenvalue weighted by Gasteiger charge is -2.26. The quantitative estimate of drug-likeness (QED) is 0.886. The summed E-state index contributed by atoms with van der Waals surface area (Å²) in [4.78, 5) is 12.1. The maximum atomic E-state index is 12.0. The van der Waals surface area contributed by atoms with Crippen molar-refractivity contribution in [2.24, 2.45) is 11.1 Å². The maximum Gasteiger partial charge on any atom is 0.225 e. The lowest BCUT2D eigenvalue weighted by molar-refractivity contribution is -0.117. The zero-order chi connectivity index (χ0) is 16.4. The molecule has 0 aliphatic rings. The number of carbonyl (C=O) groups excluding carboxylic acids is 1. The molecule has 0 aliphatic heterocycles. The molecule has 7 heteroatoms. The average molecular weight is 333 g/mol. The van der Waals surface area contributed by atoms with Crippen molar-refractivity contribution in [1.29, 1.82) is 0 Å². The lowest BCUT2D eigenvalue weighted by Crippen LogP contribution is -2.38. The first-order valence-corrected chi connectivity index (χ1v) is 8.73. The average Bonchev–Trinajstić information content (AvgIpc) is 2.29. The summed E-state index contributed by atoms with van der Waals surface area (Å²) < 4.78 is 23.0. The van der Waals surface area contributed by atoms with Crippen LogP contribution in [0.2, 0.25) is 5.02 Å². The molecule has 0 bridgehead atoms. The fourth-order valence-electron chi connectivity index (χ4n) is 1.54. The Labute approximate surface area is 130 Å². The van der Waals surface area contributed by atoms with E-state index in [-0.39, 0.29) is 39.4 Å². The highest BCUT2D eigenvalue weighted by molar-refractivity contribution is 7.90.